The van der Waals surface area contributed by atoms with E-state index in [9.17, 15) is 0 Å². The van der Waals surface area contributed by atoms with Crippen molar-refractivity contribution < 1.29 is 18.4 Å². The molecule has 0 unspecified atom stereocenters. The van der Waals surface area contributed by atoms with Crippen LogP contribution in [0.15, 0.2) is 91.0 Å². The van der Waals surface area contributed by atoms with E-state index in [0.717, 1.165) is 35.4 Å². The molecule has 3 aromatic carbocycles. The van der Waals surface area contributed by atoms with Crippen molar-refractivity contribution in [2.75, 3.05) is 27.7 Å². The molecule has 0 spiro atoms. The second-order valence-electron chi connectivity index (χ2n) is 9.89. The van der Waals surface area contributed by atoms with Gasteiger partial charge in [-0.2, -0.15) is 36.4 Å². The van der Waals surface area contributed by atoms with E-state index in [1.54, 1.807) is 0 Å². The minimum Gasteiger partial charge on any atom is -0.501 e. The lowest BCUT2D eigenvalue weighted by Gasteiger charge is -2.39. The molecular weight excluding hydrogens is 421 g/mol. The summed E-state index contributed by atoms with van der Waals surface area (Å²) in [5.74, 6) is 1.50. The Labute approximate surface area is 206 Å². The molecule has 4 nitrogen and oxygen atoms in total. The highest BCUT2D eigenvalue weighted by Crippen LogP contribution is 2.33. The van der Waals surface area contributed by atoms with E-state index in [1.807, 2.05) is 91.0 Å². The molecule has 0 heterocycles. The Morgan fingerprint density at radius 1 is 0.706 bits per heavy atom. The minimum absolute atomic E-state index is 0.247. The second kappa shape index (κ2) is 13.2. The highest BCUT2D eigenvalue weighted by Gasteiger charge is 2.44. The van der Waals surface area contributed by atoms with E-state index in [0.29, 0.717) is 0 Å². The summed E-state index contributed by atoms with van der Waals surface area (Å²) in [4.78, 5) is 0. The normalized spacial score (nSPS) is 15.3. The molecule has 5 heteroatoms. The molecule has 3 aromatic rings. The van der Waals surface area contributed by atoms with Gasteiger partial charge in [-0.25, -0.2) is 0 Å². The first kappa shape index (κ1) is 25.9. The molecule has 1 aliphatic rings. The number of quaternary nitrogens is 1. The number of benzene rings is 3. The highest BCUT2D eigenvalue weighted by molar-refractivity contribution is 6.38. The lowest BCUT2D eigenvalue weighted by Crippen LogP contribution is -2.54. The first-order valence-corrected chi connectivity index (χ1v) is 12.3. The molecular formula is C29H38BNO3. The fraction of sp³-hybridized carbons (Fsp3) is 0.379. The zero-order valence-electron chi connectivity index (χ0n) is 20.9. The maximum absolute atomic E-state index is 6.68. The minimum atomic E-state index is -0.783. The average Bonchev–Trinajstić information content (AvgIpc) is 3.06. The van der Waals surface area contributed by atoms with Crippen LogP contribution in [0.25, 0.3) is 0 Å². The van der Waals surface area contributed by atoms with E-state index in [-0.39, 0.29) is 5.60 Å². The van der Waals surface area contributed by atoms with E-state index < -0.39 is 7.32 Å². The summed E-state index contributed by atoms with van der Waals surface area (Å²) in [7, 11) is 5.89. The number of para-hydroxylation sites is 2. The molecule has 1 aliphatic carbocycles. The summed E-state index contributed by atoms with van der Waals surface area (Å²) in [6.45, 7) is 0.930. The molecule has 0 bridgehead atoms. The standard InChI is InChI=1S/C23H33BNO3.C6H5/c1-25(2,3)20-23(18-12-4-5-13-19-23)28-24(26-21-14-8-6-9-15-21)27-22-16-10-7-11-17-22;1-2-4-6-5-3-1/h6-11,14-17H,4-5,12-13,18-20H2,1-3H3;1-5H/q+1;-1. The molecule has 180 valence electrons. The van der Waals surface area contributed by atoms with Gasteiger partial charge in [-0.3, -0.25) is 0 Å². The second-order valence-corrected chi connectivity index (χ2v) is 9.89. The van der Waals surface area contributed by atoms with Gasteiger partial charge in [-0.15, -0.1) is 0 Å². The van der Waals surface area contributed by atoms with Crippen molar-refractivity contribution in [3.63, 3.8) is 0 Å². The molecule has 1 saturated carbocycles. The Kier molecular flexibility index (Phi) is 10.1. The Hall–Kier alpha value is -2.76. The maximum Gasteiger partial charge on any atom is 0.788 e. The van der Waals surface area contributed by atoms with Gasteiger partial charge < -0.3 is 18.4 Å². The van der Waals surface area contributed by atoms with E-state index in [2.05, 4.69) is 27.2 Å². The van der Waals surface area contributed by atoms with Crippen LogP contribution in [0.5, 0.6) is 11.5 Å². The van der Waals surface area contributed by atoms with Gasteiger partial charge in [0.2, 0.25) is 0 Å². The van der Waals surface area contributed by atoms with Crippen LogP contribution in [-0.2, 0) is 4.65 Å². The number of hydrogen-bond donors (Lipinski definition) is 0. The van der Waals surface area contributed by atoms with E-state index in [1.165, 1.54) is 25.7 Å². The molecule has 0 aliphatic heterocycles. The molecule has 0 N–H and O–H groups in total. The summed E-state index contributed by atoms with van der Waals surface area (Å²) in [5.41, 5.74) is -0.247. The van der Waals surface area contributed by atoms with Crippen LogP contribution in [-0.4, -0.2) is 45.1 Å². The first-order chi connectivity index (χ1) is 16.4. The summed E-state index contributed by atoms with van der Waals surface area (Å²) < 4.78 is 19.8. The third-order valence-corrected chi connectivity index (χ3v) is 5.68. The lowest BCUT2D eigenvalue weighted by atomic mass is 9.91. The Balaban J connectivity index is 0.000000469. The van der Waals surface area contributed by atoms with Crippen LogP contribution in [0.2, 0.25) is 0 Å². The average molecular weight is 459 g/mol. The van der Waals surface area contributed by atoms with Crippen molar-refractivity contribution >= 4 is 7.32 Å². The Morgan fingerprint density at radius 3 is 1.56 bits per heavy atom. The lowest BCUT2D eigenvalue weighted by molar-refractivity contribution is -0.876. The first-order valence-electron chi connectivity index (χ1n) is 12.3. The smallest absolute Gasteiger partial charge is 0.501 e. The predicted molar refractivity (Wildman–Crippen MR) is 140 cm³/mol. The van der Waals surface area contributed by atoms with Gasteiger partial charge in [0.15, 0.2) is 0 Å². The quantitative estimate of drug-likeness (QED) is 0.168. The SMILES string of the molecule is C[N+](C)(C)CC1(OB(Oc2ccccc2)Oc2ccccc2)CCCCCC1.[c-]1ccccc1. The molecule has 0 saturated heterocycles. The van der Waals surface area contributed by atoms with Gasteiger partial charge in [0.1, 0.15) is 23.6 Å². The predicted octanol–water partition coefficient (Wildman–Crippen LogP) is 6.43. The van der Waals surface area contributed by atoms with Crippen molar-refractivity contribution in [1.29, 1.82) is 0 Å². The van der Waals surface area contributed by atoms with Crippen LogP contribution in [0.1, 0.15) is 38.5 Å². The summed E-state index contributed by atoms with van der Waals surface area (Å²) in [5, 5.41) is 0. The summed E-state index contributed by atoms with van der Waals surface area (Å²) >= 11 is 0. The Bertz CT molecular complexity index is 840. The fourth-order valence-electron chi connectivity index (χ4n) is 4.39. The van der Waals surface area contributed by atoms with Crippen LogP contribution in [0, 0.1) is 6.07 Å². The molecule has 0 atom stereocenters. The molecule has 1 fully saturated rings. The number of hydrogen-bond acceptors (Lipinski definition) is 3. The highest BCUT2D eigenvalue weighted by atomic mass is 16.7. The fourth-order valence-corrected chi connectivity index (χ4v) is 4.39. The molecule has 0 aromatic heterocycles. The monoisotopic (exact) mass is 459 g/mol. The number of nitrogens with zero attached hydrogens (tertiary/aromatic N) is 1. The molecule has 0 amide bonds. The van der Waals surface area contributed by atoms with Gasteiger partial charge >= 0.3 is 7.32 Å². The number of likely N-dealkylation sites (N-methyl/N-ethyl adjacent to an activating group) is 1. The van der Waals surface area contributed by atoms with Crippen LogP contribution >= 0.6 is 0 Å². The summed E-state index contributed by atoms with van der Waals surface area (Å²) in [6.07, 6.45) is 6.98. The molecule has 4 rings (SSSR count). The largest absolute Gasteiger partial charge is 0.788 e. The van der Waals surface area contributed by atoms with Crippen LogP contribution in [0.3, 0.4) is 0 Å². The maximum atomic E-state index is 6.68. The van der Waals surface area contributed by atoms with Crippen LogP contribution in [0.4, 0.5) is 0 Å². The van der Waals surface area contributed by atoms with Crippen molar-refractivity contribution in [2.24, 2.45) is 0 Å². The van der Waals surface area contributed by atoms with Gasteiger partial charge in [0.05, 0.1) is 21.1 Å². The zero-order chi connectivity index (χ0) is 24.1. The van der Waals surface area contributed by atoms with Crippen molar-refractivity contribution in [3.8, 4) is 11.5 Å². The topological polar surface area (TPSA) is 27.7 Å². The Morgan fingerprint density at radius 2 is 1.18 bits per heavy atom. The van der Waals surface area contributed by atoms with E-state index in [4.69, 9.17) is 14.0 Å². The van der Waals surface area contributed by atoms with Gasteiger partial charge in [0, 0.05) is 0 Å². The van der Waals surface area contributed by atoms with Gasteiger partial charge in [-0.1, -0.05) is 62.1 Å². The van der Waals surface area contributed by atoms with Crippen molar-refractivity contribution in [2.45, 2.75) is 44.1 Å². The van der Waals surface area contributed by atoms with Crippen LogP contribution < -0.4 is 9.31 Å². The molecule has 34 heavy (non-hydrogen) atoms. The molecule has 0 radical (unpaired) electrons. The third kappa shape index (κ3) is 9.62. The van der Waals surface area contributed by atoms with Crippen molar-refractivity contribution in [1.82, 2.24) is 0 Å². The van der Waals surface area contributed by atoms with Gasteiger partial charge in [-0.05, 0) is 37.1 Å². The van der Waals surface area contributed by atoms with Crippen molar-refractivity contribution in [3.05, 3.63) is 97.1 Å². The van der Waals surface area contributed by atoms with E-state index >= 15 is 0 Å². The zero-order valence-corrected chi connectivity index (χ0v) is 20.9. The van der Waals surface area contributed by atoms with Gasteiger partial charge in [0.25, 0.3) is 0 Å². The third-order valence-electron chi connectivity index (χ3n) is 5.68. The number of rotatable bonds is 8. The summed E-state index contributed by atoms with van der Waals surface area (Å²) in [6, 6.07) is 32.0.